The van der Waals surface area contributed by atoms with Crippen molar-refractivity contribution in [2.24, 2.45) is 0 Å². The molecule has 0 fully saturated rings. The summed E-state index contributed by atoms with van der Waals surface area (Å²) < 4.78 is 0. The molecular formula is C76H73N3OS. The van der Waals surface area contributed by atoms with Crippen LogP contribution in [0.1, 0.15) is 143 Å². The van der Waals surface area contributed by atoms with Crippen molar-refractivity contribution in [3.63, 3.8) is 0 Å². The van der Waals surface area contributed by atoms with Gasteiger partial charge in [0.05, 0.1) is 28.9 Å². The Morgan fingerprint density at radius 1 is 0.494 bits per heavy atom. The van der Waals surface area contributed by atoms with Crippen LogP contribution in [0.5, 0.6) is 0 Å². The number of anilines is 7. The van der Waals surface area contributed by atoms with Gasteiger partial charge in [0.2, 0.25) is 0 Å². The standard InChI is InChI=1S/C76H73N3OS/c1-7-38-73(6,9-3)78(54-22-16-12-17-23-54)56-29-34-68-70(45-56)81-71-46-57(30-35-69(71)77(68)53-20-14-11-15-21-53)79(55-24-18-13-19-25-55)74(10-4,39-8-2)75-41-37-51-27-33-63-60(43-51)59-42-50-26-32-62(59)76(63)64-44-52(72(5,49-80)40-36-50)28-31-58(64)61-47-66(75)67(75)48-65(61)76/h11-35,42-48,80H,7-10,36-41,49H2,1-6H3. The molecule has 1 aliphatic heterocycles. The number of hydrogen-bond donors (Lipinski definition) is 1. The van der Waals surface area contributed by atoms with Crippen LogP contribution in [-0.4, -0.2) is 22.8 Å². The number of rotatable bonds is 15. The largest absolute Gasteiger partial charge is 0.395 e. The van der Waals surface area contributed by atoms with Crippen molar-refractivity contribution in [2.45, 2.75) is 143 Å². The molecule has 17 rings (SSSR count). The number of para-hydroxylation sites is 3. The summed E-state index contributed by atoms with van der Waals surface area (Å²) in [6, 6.07) is 75.9. The summed E-state index contributed by atoms with van der Waals surface area (Å²) in [7, 11) is 0. The highest BCUT2D eigenvalue weighted by Crippen LogP contribution is 2.71. The van der Waals surface area contributed by atoms with Gasteiger partial charge in [-0.2, -0.15) is 0 Å². The van der Waals surface area contributed by atoms with Crippen molar-refractivity contribution in [2.75, 3.05) is 21.3 Å². The Morgan fingerprint density at radius 2 is 1.05 bits per heavy atom. The molecule has 0 amide bonds. The number of nitrogens with zero attached hydrogens (tertiary/aromatic N) is 3. The fraction of sp³-hybridized carbons (Fsp3) is 0.289. The molecule has 0 saturated heterocycles. The van der Waals surface area contributed by atoms with Crippen molar-refractivity contribution in [3.05, 3.63) is 244 Å². The molecule has 5 heteroatoms. The van der Waals surface area contributed by atoms with Gasteiger partial charge < -0.3 is 19.8 Å². The van der Waals surface area contributed by atoms with Gasteiger partial charge in [0.25, 0.3) is 0 Å². The molecular weight excluding hydrogens is 1000 g/mol. The summed E-state index contributed by atoms with van der Waals surface area (Å²) in [4.78, 5) is 10.5. The smallest absolute Gasteiger partial charge is 0.0725 e. The Balaban J connectivity index is 0.929. The third-order valence-corrected chi connectivity index (χ3v) is 22.0. The van der Waals surface area contributed by atoms with Crippen LogP contribution < -0.4 is 14.7 Å². The van der Waals surface area contributed by atoms with Crippen molar-refractivity contribution in [1.29, 1.82) is 0 Å². The minimum Gasteiger partial charge on any atom is -0.395 e. The lowest BCUT2D eigenvalue weighted by Crippen LogP contribution is -2.56. The Morgan fingerprint density at radius 3 is 1.64 bits per heavy atom. The van der Waals surface area contributed by atoms with Crippen molar-refractivity contribution < 1.29 is 5.11 Å². The molecule has 0 aromatic heterocycles. The minimum atomic E-state index is -0.463. The first kappa shape index (κ1) is 50.6. The van der Waals surface area contributed by atoms with E-state index in [1.54, 1.807) is 0 Å². The lowest BCUT2D eigenvalue weighted by Gasteiger charge is -2.52. The number of aliphatic hydroxyl groups is 1. The van der Waals surface area contributed by atoms with Crippen LogP contribution in [0.15, 0.2) is 204 Å². The van der Waals surface area contributed by atoms with Gasteiger partial charge in [0.15, 0.2) is 0 Å². The third kappa shape index (κ3) is 7.01. The zero-order chi connectivity index (χ0) is 55.0. The average Bonchev–Trinajstić information content (AvgIpc) is 2.71. The molecule has 11 bridgehead atoms. The lowest BCUT2D eigenvalue weighted by atomic mass is 9.67. The molecule has 404 valence electrons. The van der Waals surface area contributed by atoms with Crippen LogP contribution in [0.2, 0.25) is 0 Å². The van der Waals surface area contributed by atoms with E-state index >= 15 is 0 Å². The molecule has 4 nitrogen and oxygen atoms in total. The summed E-state index contributed by atoms with van der Waals surface area (Å²) in [5.41, 5.74) is 25.2. The van der Waals surface area contributed by atoms with E-state index < -0.39 is 5.41 Å². The van der Waals surface area contributed by atoms with E-state index in [1.807, 2.05) is 11.8 Å². The van der Waals surface area contributed by atoms with Crippen LogP contribution in [-0.2, 0) is 29.1 Å². The first-order chi connectivity index (χ1) is 39.6. The Labute approximate surface area is 484 Å². The van der Waals surface area contributed by atoms with E-state index in [2.05, 4.69) is 250 Å². The maximum absolute atomic E-state index is 11.2. The highest BCUT2D eigenvalue weighted by atomic mass is 32.2. The zero-order valence-electron chi connectivity index (χ0n) is 48.0. The quantitative estimate of drug-likeness (QED) is 0.111. The van der Waals surface area contributed by atoms with Crippen molar-refractivity contribution >= 4 is 51.6 Å². The summed E-state index contributed by atoms with van der Waals surface area (Å²) >= 11 is 1.93. The Bertz CT molecular complexity index is 3980. The molecule has 1 N–H and O–H groups in total. The molecule has 1 spiro atoms. The molecule has 5 unspecified atom stereocenters. The fourth-order valence-electron chi connectivity index (χ4n) is 16.8. The van der Waals surface area contributed by atoms with Crippen molar-refractivity contribution in [3.8, 4) is 22.3 Å². The Kier molecular flexibility index (Phi) is 11.6. The highest BCUT2D eigenvalue weighted by Gasteiger charge is 2.67. The molecule has 1 heterocycles. The molecule has 0 saturated carbocycles. The topological polar surface area (TPSA) is 30.0 Å². The maximum atomic E-state index is 11.2. The average molecular weight is 1080 g/mol. The molecule has 8 aliphatic rings. The third-order valence-electron chi connectivity index (χ3n) is 20.9. The molecule has 0 radical (unpaired) electrons. The van der Waals surface area contributed by atoms with Gasteiger partial charge in [-0.15, -0.1) is 0 Å². The number of aliphatic hydroxyl groups excluding tert-OH is 1. The van der Waals surface area contributed by atoms with Crippen LogP contribution in [0, 0.1) is 0 Å². The molecule has 81 heavy (non-hydrogen) atoms. The number of fused-ring (bicyclic) bond motifs is 8. The van der Waals surface area contributed by atoms with Gasteiger partial charge in [-0.25, -0.2) is 0 Å². The number of aryl methyl sites for hydroxylation is 2. The molecule has 9 aromatic carbocycles. The van der Waals surface area contributed by atoms with E-state index in [4.69, 9.17) is 0 Å². The van der Waals surface area contributed by atoms with E-state index in [0.29, 0.717) is 0 Å². The fourth-order valence-corrected chi connectivity index (χ4v) is 17.9. The molecule has 5 atom stereocenters. The van der Waals surface area contributed by atoms with Gasteiger partial charge in [-0.3, -0.25) is 0 Å². The Hall–Kier alpha value is -7.31. The normalized spacial score (nSPS) is 21.2. The number of benzene rings is 9. The summed E-state index contributed by atoms with van der Waals surface area (Å²) in [5.74, 6) is 0. The van der Waals surface area contributed by atoms with Gasteiger partial charge in [-0.05, 0) is 209 Å². The molecule has 7 aliphatic carbocycles. The summed E-state index contributed by atoms with van der Waals surface area (Å²) in [5, 5.41) is 11.2. The predicted molar refractivity (Wildman–Crippen MR) is 339 cm³/mol. The van der Waals surface area contributed by atoms with Crippen LogP contribution >= 0.6 is 11.8 Å². The van der Waals surface area contributed by atoms with Gasteiger partial charge in [0, 0.05) is 54.6 Å². The second kappa shape index (κ2) is 18.6. The first-order valence-electron chi connectivity index (χ1n) is 30.3. The number of hydrogen-bond acceptors (Lipinski definition) is 5. The van der Waals surface area contributed by atoms with Crippen LogP contribution in [0.4, 0.5) is 39.8 Å². The maximum Gasteiger partial charge on any atom is 0.0725 e. The van der Waals surface area contributed by atoms with E-state index in [9.17, 15) is 5.11 Å². The first-order valence-corrected chi connectivity index (χ1v) is 31.1. The second-order valence-corrected chi connectivity index (χ2v) is 26.1. The van der Waals surface area contributed by atoms with E-state index in [1.165, 1.54) is 116 Å². The van der Waals surface area contributed by atoms with Gasteiger partial charge >= 0.3 is 0 Å². The highest BCUT2D eigenvalue weighted by molar-refractivity contribution is 7.99. The molecule has 9 aromatic rings. The van der Waals surface area contributed by atoms with Crippen LogP contribution in [0.25, 0.3) is 22.3 Å². The lowest BCUT2D eigenvalue weighted by molar-refractivity contribution is 0.197. The summed E-state index contributed by atoms with van der Waals surface area (Å²) in [6.45, 7) is 14.4. The minimum absolute atomic E-state index is 0.0679. The van der Waals surface area contributed by atoms with Gasteiger partial charge in [0.1, 0.15) is 0 Å². The summed E-state index contributed by atoms with van der Waals surface area (Å²) in [6.07, 6.45) is 10.1. The predicted octanol–water partition coefficient (Wildman–Crippen LogP) is 19.6. The SMILES string of the molecule is CCCC(C)(CC)N(c1ccccc1)c1ccc2c(c1)Sc1cc(N(c3ccccc3)C(CC)(CCC)C34CCc5ccc6c(c5)-c5cc7ccc5C65c6cc(ccc6-c6cc3c4cc65)C(C)(CO)CC7)ccc1N2c1ccccc1. The monoisotopic (exact) mass is 1080 g/mol. The van der Waals surface area contributed by atoms with Gasteiger partial charge in [-0.1, -0.05) is 174 Å². The van der Waals surface area contributed by atoms with E-state index in [-0.39, 0.29) is 28.5 Å². The van der Waals surface area contributed by atoms with E-state index in [0.717, 1.165) is 69.9 Å². The van der Waals surface area contributed by atoms with Crippen LogP contribution in [0.3, 0.4) is 0 Å². The van der Waals surface area contributed by atoms with Crippen molar-refractivity contribution in [1.82, 2.24) is 0 Å². The zero-order valence-corrected chi connectivity index (χ0v) is 48.8. The second-order valence-electron chi connectivity index (χ2n) is 25.0.